The van der Waals surface area contributed by atoms with Crippen LogP contribution < -0.4 is 0 Å². The van der Waals surface area contributed by atoms with Crippen LogP contribution in [0.3, 0.4) is 0 Å². The van der Waals surface area contributed by atoms with Gasteiger partial charge in [-0.05, 0) is 38.8 Å². The van der Waals surface area contributed by atoms with E-state index < -0.39 is 10.5 Å². The maximum Gasteiger partial charge on any atom is 0.274 e. The molecule has 0 saturated carbocycles. The number of benzene rings is 1. The van der Waals surface area contributed by atoms with E-state index in [0.717, 1.165) is 12.8 Å². The summed E-state index contributed by atoms with van der Waals surface area (Å²) in [6, 6.07) is 7.39. The molecule has 1 aromatic heterocycles. The normalized spacial score (nSPS) is 17.7. The standard InChI is InChI=1S/C17H20N4O4/c1-17(2,23)15-7-4-9-19(15)16(22)14-8-10-20(18-14)12-5-3-6-13(11-12)21(24)25/h3,5-6,8,10-11,15,23H,4,7,9H2,1-2H3. The van der Waals surface area contributed by atoms with Crippen LogP contribution >= 0.6 is 0 Å². The monoisotopic (exact) mass is 344 g/mol. The number of nitro groups is 1. The minimum absolute atomic E-state index is 0.0393. The Morgan fingerprint density at radius 1 is 1.40 bits per heavy atom. The summed E-state index contributed by atoms with van der Waals surface area (Å²) in [5.74, 6) is -0.242. The molecule has 8 nitrogen and oxygen atoms in total. The highest BCUT2D eigenvalue weighted by atomic mass is 16.6. The second-order valence-electron chi connectivity index (χ2n) is 6.73. The smallest absolute Gasteiger partial charge is 0.274 e. The Balaban J connectivity index is 1.85. The Labute approximate surface area is 144 Å². The molecule has 0 aliphatic carbocycles. The molecule has 1 aliphatic heterocycles. The first-order valence-electron chi connectivity index (χ1n) is 8.11. The number of carbonyl (C=O) groups is 1. The summed E-state index contributed by atoms with van der Waals surface area (Å²) in [6.45, 7) is 3.98. The van der Waals surface area contributed by atoms with Gasteiger partial charge in [0.25, 0.3) is 11.6 Å². The first kappa shape index (κ1) is 17.1. The Bertz CT molecular complexity index is 809. The van der Waals surface area contributed by atoms with E-state index in [0.29, 0.717) is 12.2 Å². The van der Waals surface area contributed by atoms with Crippen molar-refractivity contribution >= 4 is 11.6 Å². The zero-order valence-electron chi connectivity index (χ0n) is 14.1. The van der Waals surface area contributed by atoms with Crippen LogP contribution in [0, 0.1) is 10.1 Å². The van der Waals surface area contributed by atoms with Crippen LogP contribution in [-0.4, -0.2) is 48.8 Å². The van der Waals surface area contributed by atoms with Gasteiger partial charge >= 0.3 is 0 Å². The number of non-ortho nitro benzene ring substituents is 1. The van der Waals surface area contributed by atoms with Crippen LogP contribution in [-0.2, 0) is 0 Å². The topological polar surface area (TPSA) is 102 Å². The van der Waals surface area contributed by atoms with E-state index in [1.807, 2.05) is 0 Å². The number of rotatable bonds is 4. The summed E-state index contributed by atoms with van der Waals surface area (Å²) in [5, 5.41) is 25.4. The predicted molar refractivity (Wildman–Crippen MR) is 90.6 cm³/mol. The molecule has 1 N–H and O–H groups in total. The van der Waals surface area contributed by atoms with Crippen molar-refractivity contribution in [3.05, 3.63) is 52.3 Å². The summed E-state index contributed by atoms with van der Waals surface area (Å²) in [5.41, 5.74) is -0.256. The molecular formula is C17H20N4O4. The minimum atomic E-state index is -0.977. The van der Waals surface area contributed by atoms with Gasteiger partial charge in [-0.1, -0.05) is 6.07 Å². The summed E-state index contributed by atoms with van der Waals surface area (Å²) < 4.78 is 1.44. The molecule has 132 valence electrons. The number of carbonyl (C=O) groups excluding carboxylic acids is 1. The molecule has 2 aromatic rings. The van der Waals surface area contributed by atoms with E-state index in [9.17, 15) is 20.0 Å². The number of amides is 1. The second-order valence-corrected chi connectivity index (χ2v) is 6.73. The Kier molecular flexibility index (Phi) is 4.30. The third-order valence-electron chi connectivity index (χ3n) is 4.44. The van der Waals surface area contributed by atoms with Crippen molar-refractivity contribution in [2.45, 2.75) is 38.3 Å². The molecule has 1 unspecified atom stereocenters. The van der Waals surface area contributed by atoms with Gasteiger partial charge < -0.3 is 10.0 Å². The van der Waals surface area contributed by atoms with Crippen molar-refractivity contribution in [3.63, 3.8) is 0 Å². The van der Waals surface area contributed by atoms with Gasteiger partial charge in [0.15, 0.2) is 5.69 Å². The van der Waals surface area contributed by atoms with Gasteiger partial charge in [-0.25, -0.2) is 4.68 Å². The van der Waals surface area contributed by atoms with Crippen molar-refractivity contribution in [1.82, 2.24) is 14.7 Å². The van der Waals surface area contributed by atoms with Crippen molar-refractivity contribution in [3.8, 4) is 5.69 Å². The average Bonchev–Trinajstić information content (AvgIpc) is 3.23. The molecule has 0 spiro atoms. The lowest BCUT2D eigenvalue weighted by Gasteiger charge is -2.33. The molecule has 2 heterocycles. The van der Waals surface area contributed by atoms with E-state index >= 15 is 0 Å². The number of aliphatic hydroxyl groups is 1. The van der Waals surface area contributed by atoms with Crippen molar-refractivity contribution in [1.29, 1.82) is 0 Å². The molecule has 0 radical (unpaired) electrons. The summed E-state index contributed by atoms with van der Waals surface area (Å²) in [4.78, 5) is 24.8. The van der Waals surface area contributed by atoms with Gasteiger partial charge in [-0.2, -0.15) is 5.10 Å². The van der Waals surface area contributed by atoms with Crippen LogP contribution in [0.4, 0.5) is 5.69 Å². The Morgan fingerprint density at radius 3 is 2.84 bits per heavy atom. The molecule has 1 saturated heterocycles. The third kappa shape index (κ3) is 3.39. The first-order valence-corrected chi connectivity index (χ1v) is 8.11. The number of aromatic nitrogens is 2. The average molecular weight is 344 g/mol. The summed E-state index contributed by atoms with van der Waals surface area (Å²) >= 11 is 0. The fourth-order valence-electron chi connectivity index (χ4n) is 3.22. The SMILES string of the molecule is CC(C)(O)C1CCCN1C(=O)c1ccn(-c2cccc([N+](=O)[O-])c2)n1. The van der Waals surface area contributed by atoms with Crippen molar-refractivity contribution in [2.75, 3.05) is 6.54 Å². The fourth-order valence-corrected chi connectivity index (χ4v) is 3.22. The van der Waals surface area contributed by atoms with Crippen LogP contribution in [0.5, 0.6) is 0 Å². The van der Waals surface area contributed by atoms with E-state index in [-0.39, 0.29) is 23.3 Å². The van der Waals surface area contributed by atoms with Gasteiger partial charge in [-0.3, -0.25) is 14.9 Å². The van der Waals surface area contributed by atoms with Gasteiger partial charge in [0, 0.05) is 24.9 Å². The van der Waals surface area contributed by atoms with Crippen LogP contribution in [0.2, 0.25) is 0 Å². The lowest BCUT2D eigenvalue weighted by Crippen LogP contribution is -2.48. The fraction of sp³-hybridized carbons (Fsp3) is 0.412. The number of nitro benzene ring substituents is 1. The van der Waals surface area contributed by atoms with E-state index in [1.165, 1.54) is 16.8 Å². The third-order valence-corrected chi connectivity index (χ3v) is 4.44. The number of hydrogen-bond acceptors (Lipinski definition) is 5. The Hall–Kier alpha value is -2.74. The van der Waals surface area contributed by atoms with Crippen molar-refractivity contribution in [2.24, 2.45) is 0 Å². The number of nitrogens with zero attached hydrogens (tertiary/aromatic N) is 4. The van der Waals surface area contributed by atoms with E-state index in [4.69, 9.17) is 0 Å². The molecule has 8 heteroatoms. The van der Waals surface area contributed by atoms with E-state index in [2.05, 4.69) is 5.10 Å². The zero-order valence-corrected chi connectivity index (χ0v) is 14.1. The molecule has 1 aromatic carbocycles. The minimum Gasteiger partial charge on any atom is -0.388 e. The van der Waals surface area contributed by atoms with Crippen LogP contribution in [0.1, 0.15) is 37.2 Å². The molecule has 25 heavy (non-hydrogen) atoms. The largest absolute Gasteiger partial charge is 0.388 e. The van der Waals surface area contributed by atoms with Gasteiger partial charge in [0.1, 0.15) is 0 Å². The lowest BCUT2D eigenvalue weighted by atomic mass is 9.96. The second kappa shape index (κ2) is 6.29. The highest BCUT2D eigenvalue weighted by Crippen LogP contribution is 2.28. The molecule has 1 amide bonds. The lowest BCUT2D eigenvalue weighted by molar-refractivity contribution is -0.384. The highest BCUT2D eigenvalue weighted by Gasteiger charge is 2.39. The van der Waals surface area contributed by atoms with Crippen molar-refractivity contribution < 1.29 is 14.8 Å². The highest BCUT2D eigenvalue weighted by molar-refractivity contribution is 5.92. The molecule has 3 rings (SSSR count). The molecule has 1 atom stereocenters. The van der Waals surface area contributed by atoms with Gasteiger partial charge in [0.2, 0.25) is 0 Å². The van der Waals surface area contributed by atoms with E-state index in [1.54, 1.807) is 43.1 Å². The number of hydrogen-bond donors (Lipinski definition) is 1. The number of likely N-dealkylation sites (tertiary alicyclic amines) is 1. The van der Waals surface area contributed by atoms with Crippen LogP contribution in [0.15, 0.2) is 36.5 Å². The first-order chi connectivity index (χ1) is 11.8. The quantitative estimate of drug-likeness (QED) is 0.676. The summed E-state index contributed by atoms with van der Waals surface area (Å²) in [7, 11) is 0. The summed E-state index contributed by atoms with van der Waals surface area (Å²) in [6.07, 6.45) is 3.19. The van der Waals surface area contributed by atoms with Gasteiger partial charge in [-0.15, -0.1) is 0 Å². The Morgan fingerprint density at radius 2 is 2.16 bits per heavy atom. The molecule has 1 aliphatic rings. The molecular weight excluding hydrogens is 324 g/mol. The maximum absolute atomic E-state index is 12.8. The maximum atomic E-state index is 12.8. The zero-order chi connectivity index (χ0) is 18.2. The predicted octanol–water partition coefficient (Wildman–Crippen LogP) is 2.16. The molecule has 1 fully saturated rings. The van der Waals surface area contributed by atoms with Gasteiger partial charge in [0.05, 0.1) is 22.3 Å². The van der Waals surface area contributed by atoms with Crippen LogP contribution in [0.25, 0.3) is 5.69 Å². The molecule has 0 bridgehead atoms.